The minimum atomic E-state index is -0.629. The number of carbonyl (C=O) groups excluding carboxylic acids is 2. The van der Waals surface area contributed by atoms with Crippen LogP contribution >= 0.6 is 0 Å². The number of amides is 2. The van der Waals surface area contributed by atoms with Crippen LogP contribution < -0.4 is 5.32 Å². The van der Waals surface area contributed by atoms with E-state index in [0.29, 0.717) is 25.3 Å². The van der Waals surface area contributed by atoms with Crippen molar-refractivity contribution in [2.24, 2.45) is 0 Å². The second-order valence-corrected chi connectivity index (χ2v) is 5.00. The molecule has 1 unspecified atom stereocenters. The summed E-state index contributed by atoms with van der Waals surface area (Å²) < 4.78 is 5.29. The summed E-state index contributed by atoms with van der Waals surface area (Å²) in [4.78, 5) is 26.2. The van der Waals surface area contributed by atoms with E-state index in [4.69, 9.17) is 4.42 Å². The molecule has 21 heavy (non-hydrogen) atoms. The zero-order chi connectivity index (χ0) is 14.7. The van der Waals surface area contributed by atoms with Crippen LogP contribution in [0, 0.1) is 0 Å². The maximum absolute atomic E-state index is 12.7. The Hall–Kier alpha value is -2.56. The summed E-state index contributed by atoms with van der Waals surface area (Å²) in [7, 11) is 0. The van der Waals surface area contributed by atoms with Gasteiger partial charge < -0.3 is 14.6 Å². The topological polar surface area (TPSA) is 62.6 Å². The zero-order valence-electron chi connectivity index (χ0n) is 11.5. The third kappa shape index (κ3) is 2.97. The lowest BCUT2D eigenvalue weighted by Crippen LogP contribution is -2.38. The molecule has 1 atom stereocenters. The van der Waals surface area contributed by atoms with Crippen LogP contribution in [0.15, 0.2) is 53.1 Å². The molecule has 0 radical (unpaired) electrons. The maximum Gasteiger partial charge on any atom is 0.250 e. The summed E-state index contributed by atoms with van der Waals surface area (Å²) >= 11 is 0. The Bertz CT molecular complexity index is 622. The number of hydrogen-bond donors (Lipinski definition) is 1. The quantitative estimate of drug-likeness (QED) is 0.936. The number of rotatable bonds is 3. The van der Waals surface area contributed by atoms with Crippen molar-refractivity contribution in [2.45, 2.75) is 19.0 Å². The minimum Gasteiger partial charge on any atom is -0.467 e. The smallest absolute Gasteiger partial charge is 0.250 e. The van der Waals surface area contributed by atoms with E-state index in [1.807, 2.05) is 36.4 Å². The average Bonchev–Trinajstić information content (AvgIpc) is 2.97. The van der Waals surface area contributed by atoms with Gasteiger partial charge in [-0.1, -0.05) is 30.3 Å². The first-order valence-electron chi connectivity index (χ1n) is 6.89. The molecule has 0 bridgehead atoms. The number of hydrogen-bond acceptors (Lipinski definition) is 3. The Balaban J connectivity index is 1.85. The van der Waals surface area contributed by atoms with Crippen LogP contribution in [0.5, 0.6) is 0 Å². The molecule has 1 aromatic heterocycles. The molecule has 108 valence electrons. The standard InChI is InChI=1S/C16H16N2O3/c19-14-8-9-18(11-13-7-4-10-21-13)16(20)15(17-14)12-5-2-1-3-6-12/h1-7,10,15H,8-9,11H2,(H,17,19). The van der Waals surface area contributed by atoms with E-state index in [2.05, 4.69) is 5.32 Å². The second kappa shape index (κ2) is 5.83. The molecule has 3 rings (SSSR count). The number of furan rings is 1. The number of nitrogens with zero attached hydrogens (tertiary/aromatic N) is 1. The van der Waals surface area contributed by atoms with Crippen LogP contribution in [0.1, 0.15) is 23.8 Å². The van der Waals surface area contributed by atoms with Gasteiger partial charge in [-0.3, -0.25) is 9.59 Å². The number of benzene rings is 1. The fraction of sp³-hybridized carbons (Fsp3) is 0.250. The molecule has 1 aliphatic rings. The first-order valence-corrected chi connectivity index (χ1v) is 6.89. The van der Waals surface area contributed by atoms with E-state index in [9.17, 15) is 9.59 Å². The lowest BCUT2D eigenvalue weighted by Gasteiger charge is -2.23. The largest absolute Gasteiger partial charge is 0.467 e. The molecule has 2 heterocycles. The Labute approximate surface area is 122 Å². The monoisotopic (exact) mass is 284 g/mol. The van der Waals surface area contributed by atoms with E-state index in [1.54, 1.807) is 17.2 Å². The third-order valence-corrected chi connectivity index (χ3v) is 3.53. The molecule has 1 aliphatic heterocycles. The van der Waals surface area contributed by atoms with Crippen molar-refractivity contribution in [1.82, 2.24) is 10.2 Å². The molecule has 1 aromatic carbocycles. The lowest BCUT2D eigenvalue weighted by atomic mass is 10.1. The second-order valence-electron chi connectivity index (χ2n) is 5.00. The van der Waals surface area contributed by atoms with Gasteiger partial charge in [0.25, 0.3) is 0 Å². The van der Waals surface area contributed by atoms with E-state index >= 15 is 0 Å². The van der Waals surface area contributed by atoms with Crippen molar-refractivity contribution in [1.29, 1.82) is 0 Å². The molecule has 1 N–H and O–H groups in total. The number of nitrogens with one attached hydrogen (secondary N) is 1. The number of carbonyl (C=O) groups is 2. The van der Waals surface area contributed by atoms with Crippen molar-refractivity contribution in [2.75, 3.05) is 6.54 Å². The predicted molar refractivity (Wildman–Crippen MR) is 76.1 cm³/mol. The Morgan fingerprint density at radius 2 is 1.95 bits per heavy atom. The van der Waals surface area contributed by atoms with E-state index in [0.717, 1.165) is 5.56 Å². The molecule has 2 amide bonds. The Morgan fingerprint density at radius 3 is 2.67 bits per heavy atom. The van der Waals surface area contributed by atoms with Crippen LogP contribution in [-0.4, -0.2) is 23.3 Å². The van der Waals surface area contributed by atoms with Crippen molar-refractivity contribution in [3.8, 4) is 0 Å². The normalized spacial score (nSPS) is 19.2. The van der Waals surface area contributed by atoms with Gasteiger partial charge in [-0.2, -0.15) is 0 Å². The first kappa shape index (κ1) is 13.4. The first-order chi connectivity index (χ1) is 10.2. The average molecular weight is 284 g/mol. The Kier molecular flexibility index (Phi) is 3.73. The SMILES string of the molecule is O=C1CCN(Cc2ccco2)C(=O)C(c2ccccc2)N1. The molecule has 0 saturated carbocycles. The van der Waals surface area contributed by atoms with Crippen molar-refractivity contribution in [3.63, 3.8) is 0 Å². The van der Waals surface area contributed by atoms with Gasteiger partial charge in [-0.05, 0) is 17.7 Å². The molecule has 5 nitrogen and oxygen atoms in total. The van der Waals surface area contributed by atoms with Gasteiger partial charge in [-0.15, -0.1) is 0 Å². The minimum absolute atomic E-state index is 0.108. The van der Waals surface area contributed by atoms with Gasteiger partial charge in [0, 0.05) is 13.0 Å². The van der Waals surface area contributed by atoms with E-state index < -0.39 is 6.04 Å². The fourth-order valence-electron chi connectivity index (χ4n) is 2.44. The third-order valence-electron chi connectivity index (χ3n) is 3.53. The van der Waals surface area contributed by atoms with Crippen molar-refractivity contribution < 1.29 is 14.0 Å². The molecular formula is C16H16N2O3. The van der Waals surface area contributed by atoms with Gasteiger partial charge >= 0.3 is 0 Å². The summed E-state index contributed by atoms with van der Waals surface area (Å²) in [5.41, 5.74) is 0.794. The van der Waals surface area contributed by atoms with Gasteiger partial charge in [0.15, 0.2) is 0 Å². The molecular weight excluding hydrogens is 268 g/mol. The predicted octanol–water partition coefficient (Wildman–Crippen LogP) is 1.87. The van der Waals surface area contributed by atoms with Crippen LogP contribution in [0.3, 0.4) is 0 Å². The van der Waals surface area contributed by atoms with Crippen LogP contribution in [0.4, 0.5) is 0 Å². The van der Waals surface area contributed by atoms with Crippen molar-refractivity contribution in [3.05, 3.63) is 60.1 Å². The highest BCUT2D eigenvalue weighted by Gasteiger charge is 2.31. The highest BCUT2D eigenvalue weighted by atomic mass is 16.3. The van der Waals surface area contributed by atoms with E-state index in [1.165, 1.54) is 0 Å². The summed E-state index contributed by atoms with van der Waals surface area (Å²) in [5.74, 6) is 0.493. The van der Waals surface area contributed by atoms with Gasteiger partial charge in [0.2, 0.25) is 11.8 Å². The highest BCUT2D eigenvalue weighted by molar-refractivity contribution is 5.90. The molecule has 1 fully saturated rings. The van der Waals surface area contributed by atoms with Crippen molar-refractivity contribution >= 4 is 11.8 Å². The molecule has 0 spiro atoms. The summed E-state index contributed by atoms with van der Waals surface area (Å²) in [6.45, 7) is 0.777. The van der Waals surface area contributed by atoms with Crippen LogP contribution in [-0.2, 0) is 16.1 Å². The van der Waals surface area contributed by atoms with Crippen LogP contribution in [0.25, 0.3) is 0 Å². The molecule has 0 aliphatic carbocycles. The molecule has 1 saturated heterocycles. The lowest BCUT2D eigenvalue weighted by molar-refractivity contribution is -0.134. The zero-order valence-corrected chi connectivity index (χ0v) is 11.5. The fourth-order valence-corrected chi connectivity index (χ4v) is 2.44. The Morgan fingerprint density at radius 1 is 1.14 bits per heavy atom. The molecule has 5 heteroatoms. The van der Waals surface area contributed by atoms with E-state index in [-0.39, 0.29) is 11.8 Å². The van der Waals surface area contributed by atoms with Crippen LogP contribution in [0.2, 0.25) is 0 Å². The summed E-state index contributed by atoms with van der Waals surface area (Å²) in [5, 5.41) is 2.79. The molecule has 2 aromatic rings. The van der Waals surface area contributed by atoms with Gasteiger partial charge in [-0.25, -0.2) is 0 Å². The maximum atomic E-state index is 12.7. The van der Waals surface area contributed by atoms with Gasteiger partial charge in [0.05, 0.1) is 12.8 Å². The highest BCUT2D eigenvalue weighted by Crippen LogP contribution is 2.20. The summed E-state index contributed by atoms with van der Waals surface area (Å²) in [6.07, 6.45) is 1.88. The van der Waals surface area contributed by atoms with Gasteiger partial charge in [0.1, 0.15) is 11.8 Å². The summed E-state index contributed by atoms with van der Waals surface area (Å²) in [6, 6.07) is 12.3.